The topological polar surface area (TPSA) is 53.4 Å². The van der Waals surface area contributed by atoms with E-state index in [0.29, 0.717) is 30.8 Å². The summed E-state index contributed by atoms with van der Waals surface area (Å²) >= 11 is 0. The van der Waals surface area contributed by atoms with E-state index in [2.05, 4.69) is 9.88 Å². The van der Waals surface area contributed by atoms with Crippen LogP contribution in [-0.2, 0) is 18.5 Å². The first-order chi connectivity index (χ1) is 14.3. The molecule has 0 radical (unpaired) electrons. The molecule has 1 aliphatic heterocycles. The van der Waals surface area contributed by atoms with Crippen LogP contribution in [0.3, 0.4) is 0 Å². The van der Waals surface area contributed by atoms with Crippen LogP contribution in [0.5, 0.6) is 0 Å². The Hall–Kier alpha value is -3.12. The molecule has 0 atom stereocenters. The number of benzene rings is 2. The van der Waals surface area contributed by atoms with E-state index in [1.165, 1.54) is 18.2 Å². The summed E-state index contributed by atoms with van der Waals surface area (Å²) in [6.45, 7) is 5.39. The summed E-state index contributed by atoms with van der Waals surface area (Å²) < 4.78 is 28.0. The lowest BCUT2D eigenvalue weighted by atomic mass is 9.83. The summed E-state index contributed by atoms with van der Waals surface area (Å²) in [6.07, 6.45) is 0.588. The monoisotopic (exact) mass is 408 g/mol. The number of halogens is 2. The Balaban J connectivity index is 1.85. The molecule has 2 aromatic carbocycles. The quantitative estimate of drug-likeness (QED) is 0.659. The van der Waals surface area contributed by atoms with Gasteiger partial charge in [-0.05, 0) is 55.2 Å². The molecule has 0 bridgehead atoms. The highest BCUT2D eigenvalue weighted by Gasteiger charge is 2.38. The highest BCUT2D eigenvalue weighted by molar-refractivity contribution is 5.88. The molecule has 6 heteroatoms. The third-order valence-electron chi connectivity index (χ3n) is 5.78. The lowest BCUT2D eigenvalue weighted by molar-refractivity contribution is 0.0683. The minimum atomic E-state index is -1.18. The zero-order chi connectivity index (χ0) is 21.5. The van der Waals surface area contributed by atoms with Crippen molar-refractivity contribution in [3.05, 3.63) is 88.7 Å². The molecule has 0 saturated carbocycles. The van der Waals surface area contributed by atoms with Gasteiger partial charge in [-0.2, -0.15) is 0 Å². The van der Waals surface area contributed by atoms with Gasteiger partial charge in [0, 0.05) is 24.7 Å². The van der Waals surface area contributed by atoms with Crippen molar-refractivity contribution in [3.8, 4) is 11.1 Å². The Kier molecular flexibility index (Phi) is 5.12. The predicted octanol–water partition coefficient (Wildman–Crippen LogP) is 5.02. The van der Waals surface area contributed by atoms with Crippen molar-refractivity contribution in [3.63, 3.8) is 0 Å². The van der Waals surface area contributed by atoms with Gasteiger partial charge in [0.05, 0.1) is 11.2 Å². The fourth-order valence-electron chi connectivity index (χ4n) is 4.15. The van der Waals surface area contributed by atoms with Crippen LogP contribution < -0.4 is 0 Å². The van der Waals surface area contributed by atoms with Crippen LogP contribution in [0.1, 0.15) is 41.2 Å². The molecular weight excluding hydrogens is 386 g/mol. The standard InChI is InChI=1S/C24H22F2N2O2/c1-24(2)22-18(10-11-28(24)14-15-6-4-3-5-7-15)19(13-21(27-22)23(29)30)17-9-8-16(25)12-20(17)26/h3-9,12-13H,10-11,14H2,1-2H3,(H,29,30). The van der Waals surface area contributed by atoms with Crippen molar-refractivity contribution in [1.29, 1.82) is 0 Å². The smallest absolute Gasteiger partial charge is 0.354 e. The van der Waals surface area contributed by atoms with Gasteiger partial charge < -0.3 is 5.11 Å². The van der Waals surface area contributed by atoms with Crippen LogP contribution in [0, 0.1) is 11.6 Å². The number of aromatic nitrogens is 1. The Labute approximate surface area is 173 Å². The fraction of sp³-hybridized carbons (Fsp3) is 0.250. The average molecular weight is 408 g/mol. The van der Waals surface area contributed by atoms with Crippen molar-refractivity contribution >= 4 is 5.97 Å². The molecule has 1 N–H and O–H groups in total. The van der Waals surface area contributed by atoms with Crippen molar-refractivity contribution < 1.29 is 18.7 Å². The Morgan fingerprint density at radius 2 is 1.83 bits per heavy atom. The van der Waals surface area contributed by atoms with Crippen LogP contribution in [0.2, 0.25) is 0 Å². The van der Waals surface area contributed by atoms with Gasteiger partial charge in [-0.3, -0.25) is 4.90 Å². The maximum Gasteiger partial charge on any atom is 0.354 e. The molecule has 30 heavy (non-hydrogen) atoms. The van der Waals surface area contributed by atoms with Gasteiger partial charge in [0.15, 0.2) is 0 Å². The lowest BCUT2D eigenvalue weighted by Gasteiger charge is -2.43. The van der Waals surface area contributed by atoms with Crippen LogP contribution in [0.15, 0.2) is 54.6 Å². The van der Waals surface area contributed by atoms with Crippen molar-refractivity contribution in [2.75, 3.05) is 6.54 Å². The molecule has 0 saturated heterocycles. The second-order valence-electron chi connectivity index (χ2n) is 8.03. The normalized spacial score (nSPS) is 15.6. The largest absolute Gasteiger partial charge is 0.477 e. The average Bonchev–Trinajstić information content (AvgIpc) is 2.70. The summed E-state index contributed by atoms with van der Waals surface area (Å²) in [5, 5.41) is 9.61. The van der Waals surface area contributed by atoms with Gasteiger partial charge in [0.2, 0.25) is 0 Å². The SMILES string of the molecule is CC1(C)c2nc(C(=O)O)cc(-c3ccc(F)cc3F)c2CCN1Cc1ccccc1. The molecule has 3 aromatic rings. The first-order valence-corrected chi connectivity index (χ1v) is 9.79. The van der Waals surface area contributed by atoms with Gasteiger partial charge >= 0.3 is 5.97 Å². The summed E-state index contributed by atoms with van der Waals surface area (Å²) in [5.41, 5.74) is 2.49. The van der Waals surface area contributed by atoms with Crippen molar-refractivity contribution in [1.82, 2.24) is 9.88 Å². The third kappa shape index (κ3) is 3.59. The van der Waals surface area contributed by atoms with E-state index in [1.807, 2.05) is 44.2 Å². The minimum absolute atomic E-state index is 0.151. The molecule has 0 unspecified atom stereocenters. The number of hydrogen-bond donors (Lipinski definition) is 1. The van der Waals surface area contributed by atoms with Gasteiger partial charge in [0.1, 0.15) is 17.3 Å². The number of pyridine rings is 1. The minimum Gasteiger partial charge on any atom is -0.477 e. The van der Waals surface area contributed by atoms with Crippen molar-refractivity contribution in [2.45, 2.75) is 32.4 Å². The van der Waals surface area contributed by atoms with Crippen LogP contribution in [0.25, 0.3) is 11.1 Å². The highest BCUT2D eigenvalue weighted by Crippen LogP contribution is 2.40. The number of carboxylic acids is 1. The number of hydrogen-bond acceptors (Lipinski definition) is 3. The molecule has 2 heterocycles. The molecule has 0 fully saturated rings. The number of nitrogens with zero attached hydrogens (tertiary/aromatic N) is 2. The number of aromatic carboxylic acids is 1. The first-order valence-electron chi connectivity index (χ1n) is 9.79. The molecule has 4 rings (SSSR count). The second kappa shape index (κ2) is 7.61. The summed E-state index contributed by atoms with van der Waals surface area (Å²) in [6, 6.07) is 14.8. The molecule has 0 amide bonds. The van der Waals surface area contributed by atoms with E-state index in [4.69, 9.17) is 0 Å². The fourth-order valence-corrected chi connectivity index (χ4v) is 4.15. The van der Waals surface area contributed by atoms with E-state index < -0.39 is 23.1 Å². The second-order valence-corrected chi connectivity index (χ2v) is 8.03. The Morgan fingerprint density at radius 1 is 1.10 bits per heavy atom. The van der Waals surface area contributed by atoms with Gasteiger partial charge in [0.25, 0.3) is 0 Å². The third-order valence-corrected chi connectivity index (χ3v) is 5.78. The Bertz CT molecular complexity index is 1110. The van der Waals surface area contributed by atoms with Crippen molar-refractivity contribution in [2.24, 2.45) is 0 Å². The number of carbonyl (C=O) groups is 1. The predicted molar refractivity (Wildman–Crippen MR) is 110 cm³/mol. The van der Waals surface area contributed by atoms with Crippen LogP contribution >= 0.6 is 0 Å². The molecule has 154 valence electrons. The molecule has 4 nitrogen and oxygen atoms in total. The van der Waals surface area contributed by atoms with Gasteiger partial charge in [-0.1, -0.05) is 30.3 Å². The van der Waals surface area contributed by atoms with Gasteiger partial charge in [-0.25, -0.2) is 18.6 Å². The summed E-state index contributed by atoms with van der Waals surface area (Å²) in [7, 11) is 0. The summed E-state index contributed by atoms with van der Waals surface area (Å²) in [5.74, 6) is -2.58. The van der Waals surface area contributed by atoms with E-state index in [9.17, 15) is 18.7 Å². The number of fused-ring (bicyclic) bond motifs is 1. The molecular formula is C24H22F2N2O2. The zero-order valence-corrected chi connectivity index (χ0v) is 16.8. The van der Waals surface area contributed by atoms with E-state index in [0.717, 1.165) is 17.2 Å². The van der Waals surface area contributed by atoms with E-state index in [-0.39, 0.29) is 11.3 Å². The lowest BCUT2D eigenvalue weighted by Crippen LogP contribution is -2.47. The van der Waals surface area contributed by atoms with Crippen LogP contribution in [-0.4, -0.2) is 27.5 Å². The maximum atomic E-state index is 14.6. The molecule has 0 aliphatic carbocycles. The zero-order valence-electron chi connectivity index (χ0n) is 16.8. The maximum absolute atomic E-state index is 14.6. The van der Waals surface area contributed by atoms with Crippen LogP contribution in [0.4, 0.5) is 8.78 Å². The Morgan fingerprint density at radius 3 is 2.50 bits per heavy atom. The first kappa shape index (κ1) is 20.2. The van der Waals surface area contributed by atoms with E-state index >= 15 is 0 Å². The molecule has 0 spiro atoms. The van der Waals surface area contributed by atoms with E-state index in [1.54, 1.807) is 0 Å². The molecule has 1 aromatic heterocycles. The number of rotatable bonds is 4. The molecule has 1 aliphatic rings. The summed E-state index contributed by atoms with van der Waals surface area (Å²) in [4.78, 5) is 18.5. The highest BCUT2D eigenvalue weighted by atomic mass is 19.1. The van der Waals surface area contributed by atoms with Gasteiger partial charge in [-0.15, -0.1) is 0 Å². The number of carboxylic acid groups (broad SMARTS) is 1.